The van der Waals surface area contributed by atoms with E-state index in [1.807, 2.05) is 19.9 Å². The van der Waals surface area contributed by atoms with Gasteiger partial charge in [-0.3, -0.25) is 4.99 Å². The van der Waals surface area contributed by atoms with Gasteiger partial charge in [-0.05, 0) is 13.8 Å². The molecule has 0 aromatic carbocycles. The van der Waals surface area contributed by atoms with E-state index in [1.165, 1.54) is 0 Å². The molecular formula is C6H10ClN. The Hall–Kier alpha value is -0.300. The molecular weight excluding hydrogens is 122 g/mol. The van der Waals surface area contributed by atoms with Gasteiger partial charge in [0.05, 0.1) is 5.88 Å². The van der Waals surface area contributed by atoms with Crippen molar-refractivity contribution in [1.82, 2.24) is 0 Å². The molecule has 8 heavy (non-hydrogen) atoms. The number of allylic oxidation sites excluding steroid dienone is 1. The fraction of sp³-hybridized carbons (Fsp3) is 0.500. The van der Waals surface area contributed by atoms with Gasteiger partial charge in [0, 0.05) is 11.9 Å². The molecule has 1 nitrogen and oxygen atoms in total. The van der Waals surface area contributed by atoms with Crippen LogP contribution in [0.1, 0.15) is 13.8 Å². The number of aliphatic imine (C=N–C) groups is 1. The molecule has 0 saturated carbocycles. The third-order valence-electron chi connectivity index (χ3n) is 0.637. The molecule has 0 aromatic rings. The first kappa shape index (κ1) is 7.70. The lowest BCUT2D eigenvalue weighted by molar-refractivity contribution is 1.48. The first-order valence-corrected chi connectivity index (χ1v) is 3.05. The Balaban J connectivity index is 3.57. The van der Waals surface area contributed by atoms with Gasteiger partial charge in [-0.1, -0.05) is 6.08 Å². The standard InChI is InChI=1S/C6H10ClN/c1-3-4-8-6(2)5-7/h3-4H,5H2,1-2H3/b4-3-,8-6?. The van der Waals surface area contributed by atoms with Gasteiger partial charge in [-0.15, -0.1) is 11.6 Å². The Morgan fingerprint density at radius 3 is 2.75 bits per heavy atom. The van der Waals surface area contributed by atoms with E-state index in [-0.39, 0.29) is 0 Å². The van der Waals surface area contributed by atoms with Gasteiger partial charge in [0.15, 0.2) is 0 Å². The quantitative estimate of drug-likeness (QED) is 0.403. The number of hydrogen-bond acceptors (Lipinski definition) is 1. The Kier molecular flexibility index (Phi) is 4.67. The number of halogens is 1. The van der Waals surface area contributed by atoms with Crippen LogP contribution in [-0.4, -0.2) is 11.6 Å². The van der Waals surface area contributed by atoms with E-state index in [0.717, 1.165) is 5.71 Å². The van der Waals surface area contributed by atoms with Gasteiger partial charge in [0.1, 0.15) is 0 Å². The molecule has 0 amide bonds. The van der Waals surface area contributed by atoms with Crippen LogP contribution in [0.5, 0.6) is 0 Å². The van der Waals surface area contributed by atoms with Gasteiger partial charge in [-0.2, -0.15) is 0 Å². The number of rotatable bonds is 2. The van der Waals surface area contributed by atoms with Crippen molar-refractivity contribution in [3.05, 3.63) is 12.3 Å². The molecule has 0 aliphatic heterocycles. The van der Waals surface area contributed by atoms with E-state index in [9.17, 15) is 0 Å². The highest BCUT2D eigenvalue weighted by Gasteiger charge is 1.79. The average molecular weight is 132 g/mol. The summed E-state index contributed by atoms with van der Waals surface area (Å²) in [6, 6.07) is 0. The molecule has 0 aliphatic rings. The fourth-order valence-electron chi connectivity index (χ4n) is 0.236. The minimum absolute atomic E-state index is 0.518. The Bertz CT molecular complexity index is 105. The van der Waals surface area contributed by atoms with Gasteiger partial charge in [0.25, 0.3) is 0 Å². The van der Waals surface area contributed by atoms with Crippen molar-refractivity contribution in [3.8, 4) is 0 Å². The minimum Gasteiger partial charge on any atom is -0.265 e. The zero-order chi connectivity index (χ0) is 6.41. The summed E-state index contributed by atoms with van der Waals surface area (Å²) in [6.45, 7) is 3.82. The van der Waals surface area contributed by atoms with Gasteiger partial charge >= 0.3 is 0 Å². The van der Waals surface area contributed by atoms with Crippen LogP contribution >= 0.6 is 11.6 Å². The summed E-state index contributed by atoms with van der Waals surface area (Å²) in [5.41, 5.74) is 0.949. The second kappa shape index (κ2) is 4.85. The van der Waals surface area contributed by atoms with E-state index < -0.39 is 0 Å². The smallest absolute Gasteiger partial charge is 0.0605 e. The highest BCUT2D eigenvalue weighted by atomic mass is 35.5. The zero-order valence-electron chi connectivity index (χ0n) is 5.19. The Labute approximate surface area is 55.1 Å². The fourth-order valence-corrected chi connectivity index (χ4v) is 0.305. The van der Waals surface area contributed by atoms with E-state index >= 15 is 0 Å². The van der Waals surface area contributed by atoms with E-state index in [4.69, 9.17) is 11.6 Å². The largest absolute Gasteiger partial charge is 0.265 e. The molecule has 0 fully saturated rings. The number of alkyl halides is 1. The molecule has 46 valence electrons. The lowest BCUT2D eigenvalue weighted by atomic mass is 10.5. The maximum atomic E-state index is 5.42. The van der Waals surface area contributed by atoms with E-state index in [2.05, 4.69) is 4.99 Å². The third kappa shape index (κ3) is 3.88. The van der Waals surface area contributed by atoms with Crippen molar-refractivity contribution < 1.29 is 0 Å². The normalized spacial score (nSPS) is 13.1. The van der Waals surface area contributed by atoms with Crippen molar-refractivity contribution in [1.29, 1.82) is 0 Å². The Morgan fingerprint density at radius 1 is 1.75 bits per heavy atom. The van der Waals surface area contributed by atoms with Crippen LogP contribution in [0.3, 0.4) is 0 Å². The molecule has 0 spiro atoms. The lowest BCUT2D eigenvalue weighted by Gasteiger charge is -1.84. The van der Waals surface area contributed by atoms with Crippen LogP contribution < -0.4 is 0 Å². The molecule has 0 radical (unpaired) electrons. The highest BCUT2D eigenvalue weighted by Crippen LogP contribution is 1.82. The van der Waals surface area contributed by atoms with E-state index in [0.29, 0.717) is 5.88 Å². The summed E-state index contributed by atoms with van der Waals surface area (Å²) in [5.74, 6) is 0.518. The highest BCUT2D eigenvalue weighted by molar-refractivity contribution is 6.28. The van der Waals surface area contributed by atoms with Gasteiger partial charge in [0.2, 0.25) is 0 Å². The van der Waals surface area contributed by atoms with Crippen molar-refractivity contribution in [2.75, 3.05) is 5.88 Å². The van der Waals surface area contributed by atoms with Crippen LogP contribution in [0, 0.1) is 0 Å². The van der Waals surface area contributed by atoms with Crippen LogP contribution in [-0.2, 0) is 0 Å². The second-order valence-electron chi connectivity index (χ2n) is 1.48. The molecule has 0 bridgehead atoms. The monoisotopic (exact) mass is 131 g/mol. The van der Waals surface area contributed by atoms with E-state index in [1.54, 1.807) is 6.20 Å². The molecule has 0 saturated heterocycles. The molecule has 0 unspecified atom stereocenters. The minimum atomic E-state index is 0.518. The molecule has 0 atom stereocenters. The summed E-state index contributed by atoms with van der Waals surface area (Å²) in [7, 11) is 0. The molecule has 0 aromatic heterocycles. The zero-order valence-corrected chi connectivity index (χ0v) is 5.94. The maximum absolute atomic E-state index is 5.42. The van der Waals surface area contributed by atoms with Crippen molar-refractivity contribution in [2.24, 2.45) is 4.99 Å². The molecule has 0 N–H and O–H groups in total. The molecule has 0 heterocycles. The maximum Gasteiger partial charge on any atom is 0.0605 e. The average Bonchev–Trinajstić information content (AvgIpc) is 1.83. The topological polar surface area (TPSA) is 12.4 Å². The van der Waals surface area contributed by atoms with Crippen LogP contribution in [0.2, 0.25) is 0 Å². The summed E-state index contributed by atoms with van der Waals surface area (Å²) in [5, 5.41) is 0. The summed E-state index contributed by atoms with van der Waals surface area (Å²) >= 11 is 5.42. The first-order chi connectivity index (χ1) is 3.81. The number of nitrogens with zero attached hydrogens (tertiary/aromatic N) is 1. The van der Waals surface area contributed by atoms with Gasteiger partial charge in [-0.25, -0.2) is 0 Å². The summed E-state index contributed by atoms with van der Waals surface area (Å²) < 4.78 is 0. The number of hydrogen-bond donors (Lipinski definition) is 0. The predicted octanol–water partition coefficient (Wildman–Crippen LogP) is 2.22. The van der Waals surface area contributed by atoms with Crippen molar-refractivity contribution in [2.45, 2.75) is 13.8 Å². The van der Waals surface area contributed by atoms with Crippen LogP contribution in [0.4, 0.5) is 0 Å². The Morgan fingerprint density at radius 2 is 2.38 bits per heavy atom. The van der Waals surface area contributed by atoms with Gasteiger partial charge < -0.3 is 0 Å². The third-order valence-corrected chi connectivity index (χ3v) is 1.02. The van der Waals surface area contributed by atoms with Crippen LogP contribution in [0.15, 0.2) is 17.3 Å². The summed E-state index contributed by atoms with van der Waals surface area (Å²) in [6.07, 6.45) is 3.60. The molecule has 2 heteroatoms. The van der Waals surface area contributed by atoms with Crippen molar-refractivity contribution in [3.63, 3.8) is 0 Å². The van der Waals surface area contributed by atoms with Crippen LogP contribution in [0.25, 0.3) is 0 Å². The SMILES string of the molecule is C/C=C\N=C(C)CCl. The summed E-state index contributed by atoms with van der Waals surface area (Å²) in [4.78, 5) is 3.97. The van der Waals surface area contributed by atoms with Crippen molar-refractivity contribution >= 4 is 17.3 Å². The second-order valence-corrected chi connectivity index (χ2v) is 1.75. The molecule has 0 rings (SSSR count). The molecule has 0 aliphatic carbocycles. The lowest BCUT2D eigenvalue weighted by Crippen LogP contribution is -1.88. The first-order valence-electron chi connectivity index (χ1n) is 2.51. The predicted molar refractivity (Wildman–Crippen MR) is 38.6 cm³/mol.